The Morgan fingerprint density at radius 1 is 0.939 bits per heavy atom. The van der Waals surface area contributed by atoms with Gasteiger partial charge in [-0.2, -0.15) is 0 Å². The van der Waals surface area contributed by atoms with Crippen LogP contribution in [0.1, 0.15) is 22.3 Å². The van der Waals surface area contributed by atoms with Crippen LogP contribution >= 0.6 is 24.0 Å². The molecule has 0 spiro atoms. The monoisotopic (exact) mass is 568 g/mol. The molecule has 0 amide bonds. The van der Waals surface area contributed by atoms with E-state index in [-0.39, 0.29) is 24.0 Å². The Labute approximate surface area is 214 Å². The second kappa shape index (κ2) is 13.5. The van der Waals surface area contributed by atoms with E-state index >= 15 is 0 Å². The molecule has 0 aromatic heterocycles. The van der Waals surface area contributed by atoms with Gasteiger partial charge >= 0.3 is 0 Å². The number of hydrogen-bond donors (Lipinski definition) is 2. The summed E-state index contributed by atoms with van der Waals surface area (Å²) < 4.78 is 16.3. The predicted octanol–water partition coefficient (Wildman–Crippen LogP) is 3.40. The molecular weight excluding hydrogens is 531 g/mol. The Bertz CT molecular complexity index is 936. The number of nitrogens with one attached hydrogen (secondary N) is 2. The third-order valence-electron chi connectivity index (χ3n) is 5.92. The molecule has 0 saturated carbocycles. The van der Waals surface area contributed by atoms with E-state index in [0.29, 0.717) is 0 Å². The number of methoxy groups -OCH3 is 3. The third kappa shape index (κ3) is 7.40. The largest absolute Gasteiger partial charge is 0.496 e. The van der Waals surface area contributed by atoms with Crippen molar-refractivity contribution in [3.8, 4) is 17.2 Å². The Hall–Kier alpha value is -2.20. The van der Waals surface area contributed by atoms with Gasteiger partial charge in [0, 0.05) is 39.8 Å². The number of fused-ring (bicyclic) bond motifs is 1. The van der Waals surface area contributed by atoms with E-state index in [1.165, 1.54) is 16.7 Å². The highest BCUT2D eigenvalue weighted by Gasteiger charge is 2.19. The van der Waals surface area contributed by atoms with Gasteiger partial charge < -0.3 is 24.8 Å². The van der Waals surface area contributed by atoms with Crippen LogP contribution in [0.2, 0.25) is 0 Å². The van der Waals surface area contributed by atoms with Crippen LogP contribution in [0.4, 0.5) is 0 Å². The number of ether oxygens (including phenoxy) is 3. The SMILES string of the molecule is CN=C(NCCc1ccc(C)c(OC)c1)NCCN1CCc2cc(OC)c(OC)cc2C1.I. The number of rotatable bonds is 9. The maximum absolute atomic E-state index is 5.47. The number of guanidine groups is 1. The average Bonchev–Trinajstić information content (AvgIpc) is 2.82. The van der Waals surface area contributed by atoms with Crippen molar-refractivity contribution in [3.63, 3.8) is 0 Å². The van der Waals surface area contributed by atoms with Gasteiger partial charge in [-0.05, 0) is 60.2 Å². The summed E-state index contributed by atoms with van der Waals surface area (Å²) in [4.78, 5) is 6.80. The normalized spacial score (nSPS) is 13.5. The molecule has 8 heteroatoms. The Balaban J connectivity index is 0.00000385. The molecule has 2 aromatic carbocycles. The highest BCUT2D eigenvalue weighted by Crippen LogP contribution is 2.33. The van der Waals surface area contributed by atoms with Crippen LogP contribution in [0, 0.1) is 6.92 Å². The Morgan fingerprint density at radius 2 is 1.61 bits per heavy atom. The number of benzene rings is 2. The van der Waals surface area contributed by atoms with Gasteiger partial charge in [0.25, 0.3) is 0 Å². The maximum Gasteiger partial charge on any atom is 0.191 e. The number of nitrogens with zero attached hydrogens (tertiary/aromatic N) is 2. The summed E-state index contributed by atoms with van der Waals surface area (Å²) >= 11 is 0. The summed E-state index contributed by atoms with van der Waals surface area (Å²) in [5.74, 6) is 3.36. The second-order valence-corrected chi connectivity index (χ2v) is 7.98. The predicted molar refractivity (Wildman–Crippen MR) is 145 cm³/mol. The van der Waals surface area contributed by atoms with E-state index < -0.39 is 0 Å². The molecule has 0 aliphatic carbocycles. The van der Waals surface area contributed by atoms with Gasteiger partial charge in [-0.3, -0.25) is 9.89 Å². The molecule has 0 radical (unpaired) electrons. The Kier molecular flexibility index (Phi) is 11.1. The zero-order valence-electron chi connectivity index (χ0n) is 20.4. The summed E-state index contributed by atoms with van der Waals surface area (Å²) in [6.45, 7) is 6.60. The van der Waals surface area contributed by atoms with Gasteiger partial charge in [0.1, 0.15) is 5.75 Å². The van der Waals surface area contributed by atoms with E-state index in [4.69, 9.17) is 14.2 Å². The van der Waals surface area contributed by atoms with Crippen molar-refractivity contribution < 1.29 is 14.2 Å². The molecule has 0 unspecified atom stereocenters. The first-order valence-electron chi connectivity index (χ1n) is 11.1. The summed E-state index contributed by atoms with van der Waals surface area (Å²) in [5, 5.41) is 6.83. The number of aryl methyl sites for hydroxylation is 1. The minimum atomic E-state index is 0. The first-order valence-corrected chi connectivity index (χ1v) is 11.1. The van der Waals surface area contributed by atoms with Crippen molar-refractivity contribution in [3.05, 3.63) is 52.6 Å². The maximum atomic E-state index is 5.47. The van der Waals surface area contributed by atoms with Crippen LogP contribution in [-0.4, -0.2) is 65.4 Å². The summed E-state index contributed by atoms with van der Waals surface area (Å²) in [5.41, 5.74) is 5.05. The van der Waals surface area contributed by atoms with E-state index in [1.54, 1.807) is 28.4 Å². The van der Waals surface area contributed by atoms with Crippen molar-refractivity contribution >= 4 is 29.9 Å². The van der Waals surface area contributed by atoms with Crippen molar-refractivity contribution in [2.24, 2.45) is 4.99 Å². The van der Waals surface area contributed by atoms with Gasteiger partial charge in [-0.15, -0.1) is 24.0 Å². The molecule has 2 N–H and O–H groups in total. The summed E-state index contributed by atoms with van der Waals surface area (Å²) in [6, 6.07) is 10.6. The highest BCUT2D eigenvalue weighted by molar-refractivity contribution is 14.0. The highest BCUT2D eigenvalue weighted by atomic mass is 127. The van der Waals surface area contributed by atoms with E-state index in [2.05, 4.69) is 57.8 Å². The molecule has 182 valence electrons. The molecule has 33 heavy (non-hydrogen) atoms. The van der Waals surface area contributed by atoms with E-state index in [1.807, 2.05) is 0 Å². The Morgan fingerprint density at radius 3 is 2.27 bits per heavy atom. The molecule has 3 rings (SSSR count). The minimum absolute atomic E-state index is 0. The lowest BCUT2D eigenvalue weighted by atomic mass is 9.99. The number of halogens is 1. The third-order valence-corrected chi connectivity index (χ3v) is 5.92. The molecule has 0 fully saturated rings. The van der Waals surface area contributed by atoms with Gasteiger partial charge in [0.05, 0.1) is 21.3 Å². The van der Waals surface area contributed by atoms with Crippen molar-refractivity contribution in [2.45, 2.75) is 26.3 Å². The molecule has 2 aromatic rings. The van der Waals surface area contributed by atoms with E-state index in [9.17, 15) is 0 Å². The van der Waals surface area contributed by atoms with Crippen LogP contribution < -0.4 is 24.8 Å². The van der Waals surface area contributed by atoms with Gasteiger partial charge in [0.2, 0.25) is 0 Å². The van der Waals surface area contributed by atoms with Crippen LogP contribution in [0.3, 0.4) is 0 Å². The molecule has 1 aliphatic rings. The zero-order chi connectivity index (χ0) is 22.9. The molecule has 0 bridgehead atoms. The summed E-state index contributed by atoms with van der Waals surface area (Å²) in [7, 11) is 6.89. The molecule has 0 atom stereocenters. The van der Waals surface area contributed by atoms with Crippen molar-refractivity contribution in [2.75, 3.05) is 54.6 Å². The second-order valence-electron chi connectivity index (χ2n) is 7.98. The van der Waals surface area contributed by atoms with Crippen LogP contribution in [0.15, 0.2) is 35.3 Å². The molecule has 0 saturated heterocycles. The zero-order valence-corrected chi connectivity index (χ0v) is 22.7. The van der Waals surface area contributed by atoms with Gasteiger partial charge in [-0.25, -0.2) is 0 Å². The lowest BCUT2D eigenvalue weighted by Crippen LogP contribution is -2.43. The topological polar surface area (TPSA) is 67.4 Å². The first kappa shape index (κ1) is 27.0. The fourth-order valence-electron chi connectivity index (χ4n) is 4.03. The molecular formula is C25H37IN4O3. The fourth-order valence-corrected chi connectivity index (χ4v) is 4.03. The van der Waals surface area contributed by atoms with Crippen molar-refractivity contribution in [1.82, 2.24) is 15.5 Å². The van der Waals surface area contributed by atoms with Crippen molar-refractivity contribution in [1.29, 1.82) is 0 Å². The number of hydrogen-bond acceptors (Lipinski definition) is 5. The number of aliphatic imine (C=N–C) groups is 1. The minimum Gasteiger partial charge on any atom is -0.496 e. The lowest BCUT2D eigenvalue weighted by molar-refractivity contribution is 0.256. The van der Waals surface area contributed by atoms with Crippen LogP contribution in [-0.2, 0) is 19.4 Å². The lowest BCUT2D eigenvalue weighted by Gasteiger charge is -2.29. The van der Waals surface area contributed by atoms with Gasteiger partial charge in [-0.1, -0.05) is 12.1 Å². The molecule has 7 nitrogen and oxygen atoms in total. The standard InChI is InChI=1S/C25H36N4O3.HI/c1-18-6-7-19(14-22(18)30-3)8-10-27-25(26-2)28-11-13-29-12-9-20-15-23(31-4)24(32-5)16-21(20)17-29;/h6-7,14-16H,8-13,17H2,1-5H3,(H2,26,27,28);1H. The first-order chi connectivity index (χ1) is 15.6. The molecule has 1 aliphatic heterocycles. The summed E-state index contributed by atoms with van der Waals surface area (Å²) in [6.07, 6.45) is 1.92. The average molecular weight is 569 g/mol. The fraction of sp³-hybridized carbons (Fsp3) is 0.480. The van der Waals surface area contributed by atoms with Gasteiger partial charge in [0.15, 0.2) is 17.5 Å². The van der Waals surface area contributed by atoms with Crippen LogP contribution in [0.5, 0.6) is 17.2 Å². The van der Waals surface area contributed by atoms with Crippen LogP contribution in [0.25, 0.3) is 0 Å². The smallest absolute Gasteiger partial charge is 0.191 e. The quantitative estimate of drug-likeness (QED) is 0.275. The molecule has 1 heterocycles. The van der Waals surface area contributed by atoms with E-state index in [0.717, 1.165) is 74.3 Å².